The zero-order valence-corrected chi connectivity index (χ0v) is 10.6. The highest BCUT2D eigenvalue weighted by atomic mass is 35.5. The maximum Gasteiger partial charge on any atom is 0.163 e. The lowest BCUT2D eigenvalue weighted by Gasteiger charge is -2.11. The first-order valence-corrected chi connectivity index (χ1v) is 5.33. The fourth-order valence-corrected chi connectivity index (χ4v) is 1.56. The Morgan fingerprint density at radius 1 is 1.59 bits per heavy atom. The van der Waals surface area contributed by atoms with Gasteiger partial charge in [0.15, 0.2) is 5.78 Å². The van der Waals surface area contributed by atoms with Crippen LogP contribution in [0.3, 0.4) is 0 Å². The molecule has 0 heterocycles. The fourth-order valence-electron chi connectivity index (χ4n) is 1.33. The third-order valence-corrected chi connectivity index (χ3v) is 2.19. The van der Waals surface area contributed by atoms with E-state index in [0.29, 0.717) is 22.9 Å². The topological polar surface area (TPSA) is 50.1 Å². The molecule has 0 spiro atoms. The Kier molecular flexibility index (Phi) is 6.69. The van der Waals surface area contributed by atoms with Crippen LogP contribution in [0, 0.1) is 11.8 Å². The van der Waals surface area contributed by atoms with Gasteiger partial charge >= 0.3 is 0 Å². The van der Waals surface area contributed by atoms with E-state index in [1.807, 2.05) is 6.92 Å². The lowest BCUT2D eigenvalue weighted by molar-refractivity contribution is 0.101. The first kappa shape index (κ1) is 15.2. The van der Waals surface area contributed by atoms with Crippen LogP contribution >= 0.6 is 11.6 Å². The normalized spacial score (nSPS) is 8.76. The summed E-state index contributed by atoms with van der Waals surface area (Å²) in [7, 11) is 0. The number of Topliss-reactive ketones (excluding diaryl/α,β-unsaturated/α-hetero) is 1. The Morgan fingerprint density at radius 2 is 2.18 bits per heavy atom. The number of halogens is 1. The molecule has 0 radical (unpaired) electrons. The summed E-state index contributed by atoms with van der Waals surface area (Å²) in [6.07, 6.45) is 1.63. The van der Waals surface area contributed by atoms with Gasteiger partial charge in [-0.05, 0) is 26.0 Å². The summed E-state index contributed by atoms with van der Waals surface area (Å²) in [6.45, 7) is 11.0. The van der Waals surface area contributed by atoms with Gasteiger partial charge in [-0.25, -0.2) is 5.26 Å². The average molecular weight is 252 g/mol. The molecular formula is C13H14ClNO2. The molecule has 3 nitrogen and oxygen atoms in total. The Bertz CT molecular complexity index is 439. The fraction of sp³-hybridized carbons (Fsp3) is 0.231. The quantitative estimate of drug-likeness (QED) is 0.767. The van der Waals surface area contributed by atoms with Crippen LogP contribution in [0.1, 0.15) is 29.8 Å². The zero-order chi connectivity index (χ0) is 13.4. The number of hydrogen-bond acceptors (Lipinski definition) is 3. The van der Waals surface area contributed by atoms with Gasteiger partial charge in [0, 0.05) is 17.2 Å². The molecule has 0 saturated carbocycles. The van der Waals surface area contributed by atoms with Gasteiger partial charge in [0.2, 0.25) is 0 Å². The summed E-state index contributed by atoms with van der Waals surface area (Å²) in [4.78, 5) is 11.4. The molecule has 90 valence electrons. The highest BCUT2D eigenvalue weighted by Gasteiger charge is 2.13. The second-order valence-electron chi connectivity index (χ2n) is 3.07. The van der Waals surface area contributed by atoms with Crippen LogP contribution in [0.4, 0.5) is 0 Å². The van der Waals surface area contributed by atoms with E-state index in [0.717, 1.165) is 5.56 Å². The number of nitriles is 1. The van der Waals surface area contributed by atoms with E-state index in [9.17, 15) is 4.79 Å². The molecule has 0 aliphatic heterocycles. The largest absolute Gasteiger partial charge is 0.492 e. The number of hydrogen-bond donors (Lipinski definition) is 0. The Labute approximate surface area is 106 Å². The molecule has 0 unspecified atom stereocenters. The zero-order valence-electron chi connectivity index (χ0n) is 9.87. The van der Waals surface area contributed by atoms with Crippen molar-refractivity contribution in [3.63, 3.8) is 0 Å². The van der Waals surface area contributed by atoms with Crippen LogP contribution in [0.5, 0.6) is 5.75 Å². The van der Waals surface area contributed by atoms with E-state index in [4.69, 9.17) is 21.6 Å². The highest BCUT2D eigenvalue weighted by Crippen LogP contribution is 2.29. The molecule has 0 aliphatic rings. The molecule has 0 bridgehead atoms. The van der Waals surface area contributed by atoms with Crippen molar-refractivity contribution in [2.45, 2.75) is 13.8 Å². The number of ketones is 1. The van der Waals surface area contributed by atoms with Gasteiger partial charge in [-0.15, -0.1) is 0 Å². The number of ether oxygens (including phenoxy) is 1. The number of nitrogens with zero attached hydrogens (tertiary/aromatic N) is 1. The van der Waals surface area contributed by atoms with Crippen LogP contribution in [0.25, 0.3) is 6.08 Å². The van der Waals surface area contributed by atoms with Crippen LogP contribution in [0.2, 0.25) is 5.02 Å². The standard InChI is InChI=1S/C12H13ClO2.CHN/c1-4-9-6-10(13)7-11(8(3)14)12(9)15-5-2;1-2/h4,6-7H,1,5H2,2-3H3;1H. The Balaban J connectivity index is 0.00000121. The minimum atomic E-state index is -0.0657. The molecule has 0 fully saturated rings. The lowest BCUT2D eigenvalue weighted by atomic mass is 10.1. The van der Waals surface area contributed by atoms with Gasteiger partial charge in [-0.2, -0.15) is 0 Å². The lowest BCUT2D eigenvalue weighted by Crippen LogP contribution is -2.02. The molecule has 0 aromatic heterocycles. The maximum atomic E-state index is 11.4. The van der Waals surface area contributed by atoms with E-state index in [-0.39, 0.29) is 5.78 Å². The molecule has 0 amide bonds. The second-order valence-corrected chi connectivity index (χ2v) is 3.50. The average Bonchev–Trinajstić information content (AvgIpc) is 2.33. The summed E-state index contributed by atoms with van der Waals surface area (Å²) in [5.74, 6) is 0.494. The van der Waals surface area contributed by atoms with Gasteiger partial charge in [-0.1, -0.05) is 24.3 Å². The van der Waals surface area contributed by atoms with Gasteiger partial charge in [0.1, 0.15) is 5.75 Å². The first-order chi connectivity index (χ1) is 8.10. The van der Waals surface area contributed by atoms with Crippen LogP contribution in [-0.4, -0.2) is 12.4 Å². The molecule has 0 aliphatic carbocycles. The molecule has 4 heteroatoms. The van der Waals surface area contributed by atoms with Crippen LogP contribution in [0.15, 0.2) is 18.7 Å². The summed E-state index contributed by atoms with van der Waals surface area (Å²) in [5.41, 5.74) is 1.24. The van der Waals surface area contributed by atoms with Gasteiger partial charge in [0.05, 0.1) is 12.2 Å². The van der Waals surface area contributed by atoms with E-state index < -0.39 is 0 Å². The molecular weight excluding hydrogens is 238 g/mol. The summed E-state index contributed by atoms with van der Waals surface area (Å²) in [5, 5.41) is 7.01. The molecule has 0 atom stereocenters. The first-order valence-electron chi connectivity index (χ1n) is 4.95. The predicted molar refractivity (Wildman–Crippen MR) is 69.4 cm³/mol. The van der Waals surface area contributed by atoms with Gasteiger partial charge in [0.25, 0.3) is 0 Å². The molecule has 1 rings (SSSR count). The summed E-state index contributed by atoms with van der Waals surface area (Å²) >= 11 is 5.89. The second kappa shape index (κ2) is 7.48. The minimum absolute atomic E-state index is 0.0657. The number of carbonyl (C=O) groups excluding carboxylic acids is 1. The molecule has 17 heavy (non-hydrogen) atoms. The van der Waals surface area contributed by atoms with Crippen molar-refractivity contribution in [3.05, 3.63) is 34.9 Å². The van der Waals surface area contributed by atoms with Crippen molar-refractivity contribution >= 4 is 23.5 Å². The van der Waals surface area contributed by atoms with Crippen molar-refractivity contribution in [2.24, 2.45) is 0 Å². The van der Waals surface area contributed by atoms with Crippen molar-refractivity contribution < 1.29 is 9.53 Å². The minimum Gasteiger partial charge on any atom is -0.492 e. The smallest absolute Gasteiger partial charge is 0.163 e. The Hall–Kier alpha value is -1.79. The predicted octanol–water partition coefficient (Wildman–Crippen LogP) is 3.72. The van der Waals surface area contributed by atoms with Crippen molar-refractivity contribution in [1.82, 2.24) is 0 Å². The van der Waals surface area contributed by atoms with Gasteiger partial charge < -0.3 is 4.74 Å². The van der Waals surface area contributed by atoms with Crippen LogP contribution < -0.4 is 4.74 Å². The van der Waals surface area contributed by atoms with Crippen molar-refractivity contribution in [2.75, 3.05) is 6.61 Å². The molecule has 0 saturated heterocycles. The number of rotatable bonds is 4. The van der Waals surface area contributed by atoms with E-state index in [2.05, 4.69) is 13.2 Å². The van der Waals surface area contributed by atoms with Crippen LogP contribution in [-0.2, 0) is 0 Å². The molecule has 0 N–H and O–H groups in total. The SMILES string of the molecule is C#N.C=Cc1cc(Cl)cc(C(C)=O)c1OCC. The van der Waals surface area contributed by atoms with E-state index in [1.165, 1.54) is 6.92 Å². The van der Waals surface area contributed by atoms with E-state index in [1.54, 1.807) is 18.2 Å². The summed E-state index contributed by atoms with van der Waals surface area (Å²) < 4.78 is 5.42. The third-order valence-electron chi connectivity index (χ3n) is 1.97. The molecule has 1 aromatic carbocycles. The molecule has 1 aromatic rings. The highest BCUT2D eigenvalue weighted by molar-refractivity contribution is 6.31. The van der Waals surface area contributed by atoms with Crippen molar-refractivity contribution in [1.29, 1.82) is 5.26 Å². The number of benzene rings is 1. The van der Waals surface area contributed by atoms with E-state index >= 15 is 0 Å². The maximum absolute atomic E-state index is 11.4. The van der Waals surface area contributed by atoms with Gasteiger partial charge in [-0.3, -0.25) is 4.79 Å². The Morgan fingerprint density at radius 3 is 2.59 bits per heavy atom. The third kappa shape index (κ3) is 3.93. The summed E-state index contributed by atoms with van der Waals surface area (Å²) in [6, 6.07) is 3.34. The monoisotopic (exact) mass is 251 g/mol. The number of carbonyl (C=O) groups is 1. The van der Waals surface area contributed by atoms with Crippen molar-refractivity contribution in [3.8, 4) is 12.3 Å².